The topological polar surface area (TPSA) is 75.6 Å². The number of benzene rings is 2. The number of aryl methyl sites for hydroxylation is 1. The van der Waals surface area contributed by atoms with Gasteiger partial charge in [0.05, 0.1) is 0 Å². The van der Waals surface area contributed by atoms with E-state index in [0.717, 1.165) is 5.56 Å². The van der Waals surface area contributed by atoms with Crippen molar-refractivity contribution in [3.8, 4) is 5.75 Å². The van der Waals surface area contributed by atoms with E-state index in [4.69, 9.17) is 9.84 Å². The van der Waals surface area contributed by atoms with Crippen LogP contribution in [0.15, 0.2) is 54.2 Å². The molecule has 24 heavy (non-hydrogen) atoms. The van der Waals surface area contributed by atoms with Crippen molar-refractivity contribution in [2.45, 2.75) is 20.5 Å². The highest BCUT2D eigenvalue weighted by Crippen LogP contribution is 2.16. The lowest BCUT2D eigenvalue weighted by atomic mass is 10.1. The van der Waals surface area contributed by atoms with Crippen molar-refractivity contribution in [3.63, 3.8) is 0 Å². The Morgan fingerprint density at radius 3 is 2.25 bits per heavy atom. The predicted octanol–water partition coefficient (Wildman–Crippen LogP) is 3.14. The number of nitrogens with one attached hydrogen (secondary N) is 1. The molecule has 0 atom stereocenters. The molecule has 5 heteroatoms. The largest absolute Gasteiger partial charge is 0.489 e. The first kappa shape index (κ1) is 17.3. The van der Waals surface area contributed by atoms with Crippen LogP contribution in [0, 0.1) is 6.92 Å². The fourth-order valence-corrected chi connectivity index (χ4v) is 2.02. The van der Waals surface area contributed by atoms with Crippen LogP contribution in [0.4, 0.5) is 0 Å². The van der Waals surface area contributed by atoms with Crippen molar-refractivity contribution in [2.75, 3.05) is 0 Å². The van der Waals surface area contributed by atoms with Crippen LogP contribution < -0.4 is 10.1 Å². The molecule has 2 aromatic rings. The van der Waals surface area contributed by atoms with E-state index < -0.39 is 11.9 Å². The first-order valence-electron chi connectivity index (χ1n) is 7.45. The summed E-state index contributed by atoms with van der Waals surface area (Å²) in [5.74, 6) is -0.935. The van der Waals surface area contributed by atoms with Gasteiger partial charge in [0.1, 0.15) is 18.1 Å². The van der Waals surface area contributed by atoms with Gasteiger partial charge in [-0.05, 0) is 36.3 Å². The molecule has 0 bridgehead atoms. The standard InChI is InChI=1S/C19H19NO4/c1-13-3-5-16(6-4-13)12-24-17-9-7-15(8-10-17)11-18(19(22)23)20-14(2)21/h3-11H,12H2,1-2H3,(H,20,21)(H,22,23)/b18-11+. The summed E-state index contributed by atoms with van der Waals surface area (Å²) in [6.45, 7) is 3.75. The molecule has 0 radical (unpaired) electrons. The van der Waals surface area contributed by atoms with E-state index >= 15 is 0 Å². The van der Waals surface area contributed by atoms with E-state index in [0.29, 0.717) is 17.9 Å². The van der Waals surface area contributed by atoms with Gasteiger partial charge in [-0.15, -0.1) is 0 Å². The highest BCUT2D eigenvalue weighted by molar-refractivity contribution is 5.96. The number of carboxylic acid groups (broad SMARTS) is 1. The summed E-state index contributed by atoms with van der Waals surface area (Å²) in [4.78, 5) is 22.1. The molecule has 0 aliphatic rings. The number of carboxylic acids is 1. The number of rotatable bonds is 6. The van der Waals surface area contributed by atoms with Crippen molar-refractivity contribution in [1.29, 1.82) is 0 Å². The van der Waals surface area contributed by atoms with E-state index in [1.54, 1.807) is 24.3 Å². The molecule has 0 unspecified atom stereocenters. The van der Waals surface area contributed by atoms with Crippen LogP contribution >= 0.6 is 0 Å². The van der Waals surface area contributed by atoms with Crippen LogP contribution in [0.3, 0.4) is 0 Å². The number of aliphatic carboxylic acids is 1. The van der Waals surface area contributed by atoms with Crippen molar-refractivity contribution in [1.82, 2.24) is 5.32 Å². The second-order valence-electron chi connectivity index (χ2n) is 5.39. The average molecular weight is 325 g/mol. The highest BCUT2D eigenvalue weighted by Gasteiger charge is 2.08. The molecule has 5 nitrogen and oxygen atoms in total. The van der Waals surface area contributed by atoms with E-state index in [9.17, 15) is 9.59 Å². The van der Waals surface area contributed by atoms with Crippen molar-refractivity contribution in [2.24, 2.45) is 0 Å². The average Bonchev–Trinajstić information content (AvgIpc) is 2.54. The van der Waals surface area contributed by atoms with E-state index in [1.165, 1.54) is 18.6 Å². The van der Waals surface area contributed by atoms with Gasteiger partial charge < -0.3 is 15.2 Å². The molecule has 2 rings (SSSR count). The summed E-state index contributed by atoms with van der Waals surface area (Å²) < 4.78 is 5.70. The quantitative estimate of drug-likeness (QED) is 0.800. The lowest BCUT2D eigenvalue weighted by Crippen LogP contribution is -2.24. The molecular formula is C19H19NO4. The van der Waals surface area contributed by atoms with Gasteiger partial charge in [0.15, 0.2) is 0 Å². The summed E-state index contributed by atoms with van der Waals surface area (Å²) >= 11 is 0. The minimum atomic E-state index is -1.19. The van der Waals surface area contributed by atoms with Crippen molar-refractivity contribution >= 4 is 18.0 Å². The van der Waals surface area contributed by atoms with E-state index in [2.05, 4.69) is 5.32 Å². The minimum absolute atomic E-state index is 0.171. The minimum Gasteiger partial charge on any atom is -0.489 e. The number of ether oxygens (including phenoxy) is 1. The first-order valence-corrected chi connectivity index (χ1v) is 7.45. The maximum absolute atomic E-state index is 11.1. The monoisotopic (exact) mass is 325 g/mol. The highest BCUT2D eigenvalue weighted by atomic mass is 16.5. The molecule has 0 heterocycles. The van der Waals surface area contributed by atoms with E-state index in [-0.39, 0.29) is 5.70 Å². The molecule has 1 amide bonds. The molecule has 0 aliphatic heterocycles. The van der Waals surface area contributed by atoms with E-state index in [1.807, 2.05) is 31.2 Å². The van der Waals surface area contributed by atoms with Gasteiger partial charge in [-0.2, -0.15) is 0 Å². The second kappa shape index (κ2) is 7.97. The Bertz CT molecular complexity index is 746. The van der Waals surface area contributed by atoms with Crippen LogP contribution in [0.5, 0.6) is 5.75 Å². The Morgan fingerprint density at radius 1 is 1.08 bits per heavy atom. The van der Waals surface area contributed by atoms with Crippen LogP contribution in [-0.2, 0) is 16.2 Å². The Labute approximate surface area is 140 Å². The van der Waals surface area contributed by atoms with Crippen LogP contribution in [0.2, 0.25) is 0 Å². The van der Waals surface area contributed by atoms with Gasteiger partial charge >= 0.3 is 5.97 Å². The smallest absolute Gasteiger partial charge is 0.352 e. The molecule has 0 aliphatic carbocycles. The Hall–Kier alpha value is -3.08. The molecule has 2 N–H and O–H groups in total. The molecular weight excluding hydrogens is 306 g/mol. The van der Waals surface area contributed by atoms with Gasteiger partial charge in [0.25, 0.3) is 0 Å². The summed E-state index contributed by atoms with van der Waals surface area (Å²) in [6.07, 6.45) is 1.40. The van der Waals surface area contributed by atoms with Crippen LogP contribution in [0.25, 0.3) is 6.08 Å². The Balaban J connectivity index is 2.02. The maximum atomic E-state index is 11.1. The molecule has 2 aromatic carbocycles. The number of carbonyl (C=O) groups is 2. The summed E-state index contributed by atoms with van der Waals surface area (Å²) in [5, 5.41) is 11.3. The maximum Gasteiger partial charge on any atom is 0.352 e. The van der Waals surface area contributed by atoms with Gasteiger partial charge in [0.2, 0.25) is 5.91 Å². The number of carbonyl (C=O) groups excluding carboxylic acids is 1. The summed E-state index contributed by atoms with van der Waals surface area (Å²) in [7, 11) is 0. The fourth-order valence-electron chi connectivity index (χ4n) is 2.02. The first-order chi connectivity index (χ1) is 11.4. The van der Waals surface area contributed by atoms with Gasteiger partial charge in [-0.1, -0.05) is 42.0 Å². The third-order valence-corrected chi connectivity index (χ3v) is 3.26. The van der Waals surface area contributed by atoms with Gasteiger partial charge in [-0.3, -0.25) is 4.79 Å². The van der Waals surface area contributed by atoms with Crippen molar-refractivity contribution in [3.05, 3.63) is 70.9 Å². The van der Waals surface area contributed by atoms with Gasteiger partial charge in [-0.25, -0.2) is 4.79 Å². The lowest BCUT2D eigenvalue weighted by Gasteiger charge is -2.07. The zero-order valence-electron chi connectivity index (χ0n) is 13.6. The summed E-state index contributed by atoms with van der Waals surface area (Å²) in [5.41, 5.74) is 2.76. The predicted molar refractivity (Wildman–Crippen MR) is 91.4 cm³/mol. The SMILES string of the molecule is CC(=O)N/C(=C/c1ccc(OCc2ccc(C)cc2)cc1)C(=O)O. The molecule has 0 fully saturated rings. The Kier molecular flexibility index (Phi) is 5.73. The number of amides is 1. The molecule has 124 valence electrons. The second-order valence-corrected chi connectivity index (χ2v) is 5.39. The third-order valence-electron chi connectivity index (χ3n) is 3.26. The zero-order valence-corrected chi connectivity index (χ0v) is 13.6. The van der Waals surface area contributed by atoms with Crippen LogP contribution in [0.1, 0.15) is 23.6 Å². The number of hydrogen-bond donors (Lipinski definition) is 2. The van der Waals surface area contributed by atoms with Crippen molar-refractivity contribution < 1.29 is 19.4 Å². The lowest BCUT2D eigenvalue weighted by molar-refractivity contribution is -0.134. The summed E-state index contributed by atoms with van der Waals surface area (Å²) in [6, 6.07) is 15.1. The molecule has 0 saturated heterocycles. The molecule has 0 spiro atoms. The fraction of sp³-hybridized carbons (Fsp3) is 0.158. The molecule has 0 saturated carbocycles. The van der Waals surface area contributed by atoms with Crippen LogP contribution in [-0.4, -0.2) is 17.0 Å². The van der Waals surface area contributed by atoms with Gasteiger partial charge in [0, 0.05) is 6.92 Å². The Morgan fingerprint density at radius 2 is 1.71 bits per heavy atom. The molecule has 0 aromatic heterocycles. The zero-order chi connectivity index (χ0) is 17.5. The third kappa shape index (κ3) is 5.28. The normalized spacial score (nSPS) is 11.0. The number of hydrogen-bond acceptors (Lipinski definition) is 3.